The zero-order valence-electron chi connectivity index (χ0n) is 12.0. The van der Waals surface area contributed by atoms with Gasteiger partial charge in [-0.05, 0) is 31.9 Å². The second kappa shape index (κ2) is 5.00. The first-order chi connectivity index (χ1) is 9.96. The largest absolute Gasteiger partial charge is 0.390 e. The van der Waals surface area contributed by atoms with Gasteiger partial charge in [0.15, 0.2) is 0 Å². The Morgan fingerprint density at radius 3 is 2.71 bits per heavy atom. The molecule has 0 atom stereocenters. The van der Waals surface area contributed by atoms with Gasteiger partial charge in [-0.3, -0.25) is 4.79 Å². The average molecular weight is 285 g/mol. The Labute approximate surface area is 123 Å². The standard InChI is InChI=1S/C16H19N3O2/c1-16(21)6-8-19(9-7-16)15(20)12-10-14(17)18-13-5-3-2-4-11(12)13/h2-5,10,21H,6-9H2,1H3,(H2,17,18). The molecule has 0 saturated carbocycles. The van der Waals surface area contributed by atoms with Gasteiger partial charge in [0.25, 0.3) is 5.91 Å². The molecule has 1 aromatic heterocycles. The molecule has 1 saturated heterocycles. The predicted molar refractivity (Wildman–Crippen MR) is 81.9 cm³/mol. The molecule has 5 nitrogen and oxygen atoms in total. The zero-order chi connectivity index (χ0) is 15.0. The summed E-state index contributed by atoms with van der Waals surface area (Å²) in [5.41, 5.74) is 6.45. The lowest BCUT2D eigenvalue weighted by Gasteiger charge is -2.36. The first kappa shape index (κ1) is 13.8. The molecular formula is C16H19N3O2. The Kier molecular flexibility index (Phi) is 3.29. The van der Waals surface area contributed by atoms with E-state index < -0.39 is 5.60 Å². The van der Waals surface area contributed by atoms with Crippen molar-refractivity contribution >= 4 is 22.6 Å². The number of rotatable bonds is 1. The first-order valence-electron chi connectivity index (χ1n) is 7.13. The molecule has 3 rings (SSSR count). The molecule has 1 fully saturated rings. The molecule has 1 aromatic carbocycles. The van der Waals surface area contributed by atoms with E-state index >= 15 is 0 Å². The van der Waals surface area contributed by atoms with Crippen LogP contribution in [-0.2, 0) is 0 Å². The highest BCUT2D eigenvalue weighted by atomic mass is 16.3. The number of carbonyl (C=O) groups excluding carboxylic acids is 1. The molecule has 0 radical (unpaired) electrons. The number of para-hydroxylation sites is 1. The monoisotopic (exact) mass is 285 g/mol. The van der Waals surface area contributed by atoms with Crippen LogP contribution in [0.3, 0.4) is 0 Å². The van der Waals surface area contributed by atoms with Crippen LogP contribution >= 0.6 is 0 Å². The number of benzene rings is 1. The highest BCUT2D eigenvalue weighted by molar-refractivity contribution is 6.06. The van der Waals surface area contributed by atoms with Gasteiger partial charge < -0.3 is 15.7 Å². The number of fused-ring (bicyclic) bond motifs is 1. The number of anilines is 1. The van der Waals surface area contributed by atoms with Crippen molar-refractivity contribution in [2.75, 3.05) is 18.8 Å². The summed E-state index contributed by atoms with van der Waals surface area (Å²) in [7, 11) is 0. The number of likely N-dealkylation sites (tertiary alicyclic amines) is 1. The van der Waals surface area contributed by atoms with Gasteiger partial charge >= 0.3 is 0 Å². The zero-order valence-corrected chi connectivity index (χ0v) is 12.0. The second-order valence-corrected chi connectivity index (χ2v) is 5.90. The summed E-state index contributed by atoms with van der Waals surface area (Å²) in [5.74, 6) is 0.303. The Hall–Kier alpha value is -2.14. The van der Waals surface area contributed by atoms with Crippen LogP contribution in [0.4, 0.5) is 5.82 Å². The van der Waals surface area contributed by atoms with Crippen LogP contribution in [0.25, 0.3) is 10.9 Å². The topological polar surface area (TPSA) is 79.5 Å². The molecule has 2 aromatic rings. The van der Waals surface area contributed by atoms with E-state index in [-0.39, 0.29) is 5.91 Å². The number of amides is 1. The lowest BCUT2D eigenvalue weighted by molar-refractivity contribution is -0.00196. The van der Waals surface area contributed by atoms with Gasteiger partial charge in [0.05, 0.1) is 16.7 Å². The molecule has 110 valence electrons. The number of hydrogen-bond acceptors (Lipinski definition) is 4. The summed E-state index contributed by atoms with van der Waals surface area (Å²) in [6.45, 7) is 2.93. The number of carbonyl (C=O) groups is 1. The molecule has 0 aliphatic carbocycles. The van der Waals surface area contributed by atoms with Crippen molar-refractivity contribution in [3.05, 3.63) is 35.9 Å². The van der Waals surface area contributed by atoms with Gasteiger partial charge in [0.2, 0.25) is 0 Å². The van der Waals surface area contributed by atoms with Gasteiger partial charge in [0, 0.05) is 18.5 Å². The van der Waals surface area contributed by atoms with E-state index in [0.29, 0.717) is 37.3 Å². The normalized spacial score (nSPS) is 17.9. The van der Waals surface area contributed by atoms with Crippen molar-refractivity contribution in [2.24, 2.45) is 0 Å². The fourth-order valence-corrected chi connectivity index (χ4v) is 2.73. The number of pyridine rings is 1. The van der Waals surface area contributed by atoms with Crippen LogP contribution in [0.15, 0.2) is 30.3 Å². The Balaban J connectivity index is 1.95. The first-order valence-corrected chi connectivity index (χ1v) is 7.13. The van der Waals surface area contributed by atoms with Gasteiger partial charge in [-0.2, -0.15) is 0 Å². The van der Waals surface area contributed by atoms with Crippen LogP contribution in [0.1, 0.15) is 30.1 Å². The number of hydrogen-bond donors (Lipinski definition) is 2. The van der Waals surface area contributed by atoms with Crippen LogP contribution in [0, 0.1) is 0 Å². The Bertz CT molecular complexity index is 687. The summed E-state index contributed by atoms with van der Waals surface area (Å²) >= 11 is 0. The lowest BCUT2D eigenvalue weighted by atomic mass is 9.93. The van der Waals surface area contributed by atoms with E-state index in [0.717, 1.165) is 10.9 Å². The third kappa shape index (κ3) is 2.69. The summed E-state index contributed by atoms with van der Waals surface area (Å²) < 4.78 is 0. The quantitative estimate of drug-likeness (QED) is 0.837. The van der Waals surface area contributed by atoms with Crippen LogP contribution < -0.4 is 5.73 Å². The minimum Gasteiger partial charge on any atom is -0.390 e. The highest BCUT2D eigenvalue weighted by Crippen LogP contribution is 2.25. The van der Waals surface area contributed by atoms with E-state index in [2.05, 4.69) is 4.98 Å². The minimum atomic E-state index is -0.671. The summed E-state index contributed by atoms with van der Waals surface area (Å²) in [6, 6.07) is 9.13. The molecule has 1 aliphatic rings. The minimum absolute atomic E-state index is 0.0456. The fraction of sp³-hybridized carbons (Fsp3) is 0.375. The van der Waals surface area contributed by atoms with Gasteiger partial charge in [-0.25, -0.2) is 4.98 Å². The van der Waals surface area contributed by atoms with Crippen LogP contribution in [0.2, 0.25) is 0 Å². The molecule has 0 spiro atoms. The second-order valence-electron chi connectivity index (χ2n) is 5.90. The van der Waals surface area contributed by atoms with Crippen molar-refractivity contribution in [3.63, 3.8) is 0 Å². The lowest BCUT2D eigenvalue weighted by Crippen LogP contribution is -2.45. The Morgan fingerprint density at radius 1 is 1.33 bits per heavy atom. The third-order valence-corrected chi connectivity index (χ3v) is 4.09. The van der Waals surface area contributed by atoms with Crippen molar-refractivity contribution in [1.29, 1.82) is 0 Å². The summed E-state index contributed by atoms with van der Waals surface area (Å²) in [4.78, 5) is 18.8. The summed E-state index contributed by atoms with van der Waals surface area (Å²) in [5, 5.41) is 10.8. The van der Waals surface area contributed by atoms with Crippen molar-refractivity contribution in [1.82, 2.24) is 9.88 Å². The predicted octanol–water partition coefficient (Wildman–Crippen LogP) is 1.80. The van der Waals surface area contributed by atoms with Crippen molar-refractivity contribution in [2.45, 2.75) is 25.4 Å². The third-order valence-electron chi connectivity index (χ3n) is 4.09. The van der Waals surface area contributed by atoms with E-state index in [4.69, 9.17) is 5.73 Å². The smallest absolute Gasteiger partial charge is 0.254 e. The number of nitrogen functional groups attached to an aromatic ring is 1. The maximum Gasteiger partial charge on any atom is 0.254 e. The maximum absolute atomic E-state index is 12.7. The molecule has 0 unspecified atom stereocenters. The number of aliphatic hydroxyl groups is 1. The van der Waals surface area contributed by atoms with Crippen LogP contribution in [-0.4, -0.2) is 39.6 Å². The fourth-order valence-electron chi connectivity index (χ4n) is 2.73. The molecule has 0 bridgehead atoms. The molecular weight excluding hydrogens is 266 g/mol. The average Bonchev–Trinajstić information content (AvgIpc) is 2.45. The van der Waals surface area contributed by atoms with Crippen molar-refractivity contribution < 1.29 is 9.90 Å². The molecule has 1 amide bonds. The Morgan fingerprint density at radius 2 is 2.00 bits per heavy atom. The number of nitrogens with zero attached hydrogens (tertiary/aromatic N) is 2. The SMILES string of the molecule is CC1(O)CCN(C(=O)c2cc(N)nc3ccccc23)CC1. The van der Waals surface area contributed by atoms with Gasteiger partial charge in [-0.1, -0.05) is 18.2 Å². The van der Waals surface area contributed by atoms with Gasteiger partial charge in [-0.15, -0.1) is 0 Å². The van der Waals surface area contributed by atoms with Crippen LogP contribution in [0.5, 0.6) is 0 Å². The van der Waals surface area contributed by atoms with E-state index in [1.807, 2.05) is 31.2 Å². The van der Waals surface area contributed by atoms with E-state index in [9.17, 15) is 9.90 Å². The van der Waals surface area contributed by atoms with Gasteiger partial charge in [0.1, 0.15) is 5.82 Å². The number of aromatic nitrogens is 1. The molecule has 21 heavy (non-hydrogen) atoms. The number of piperidine rings is 1. The number of nitrogens with two attached hydrogens (primary N) is 1. The molecule has 3 N–H and O–H groups in total. The molecule has 5 heteroatoms. The highest BCUT2D eigenvalue weighted by Gasteiger charge is 2.30. The maximum atomic E-state index is 12.7. The van der Waals surface area contributed by atoms with E-state index in [1.54, 1.807) is 11.0 Å². The van der Waals surface area contributed by atoms with E-state index in [1.165, 1.54) is 0 Å². The summed E-state index contributed by atoms with van der Waals surface area (Å²) in [6.07, 6.45) is 1.19. The molecule has 1 aliphatic heterocycles. The van der Waals surface area contributed by atoms with Crippen molar-refractivity contribution in [3.8, 4) is 0 Å². The molecule has 2 heterocycles.